The summed E-state index contributed by atoms with van der Waals surface area (Å²) in [5, 5.41) is 18.8. The van der Waals surface area contributed by atoms with Crippen LogP contribution in [0.4, 0.5) is 8.78 Å². The molecule has 1 amide bonds. The van der Waals surface area contributed by atoms with E-state index in [0.717, 1.165) is 44.9 Å². The van der Waals surface area contributed by atoms with Crippen molar-refractivity contribution in [3.8, 4) is 0 Å². The van der Waals surface area contributed by atoms with Crippen molar-refractivity contribution in [1.29, 1.82) is 0 Å². The Kier molecular flexibility index (Phi) is 7.47. The maximum atomic E-state index is 13.6. The highest BCUT2D eigenvalue weighted by Gasteiger charge is 2.60. The Bertz CT molecular complexity index is 803. The number of rotatable bonds is 5. The summed E-state index contributed by atoms with van der Waals surface area (Å²) in [6, 6.07) is 0. The Balaban J connectivity index is 1.27. The highest BCUT2D eigenvalue weighted by molar-refractivity contribution is 5.82. The van der Waals surface area contributed by atoms with Gasteiger partial charge < -0.3 is 24.6 Å². The first-order valence-corrected chi connectivity index (χ1v) is 14.3. The van der Waals surface area contributed by atoms with Crippen molar-refractivity contribution >= 4 is 5.91 Å². The molecule has 5 rings (SSSR count). The summed E-state index contributed by atoms with van der Waals surface area (Å²) in [5.74, 6) is -0.611. The summed E-state index contributed by atoms with van der Waals surface area (Å²) >= 11 is 0. The lowest BCUT2D eigenvalue weighted by Crippen LogP contribution is -2.66. The van der Waals surface area contributed by atoms with E-state index in [4.69, 9.17) is 14.6 Å². The molecule has 6 nitrogen and oxygen atoms in total. The van der Waals surface area contributed by atoms with Crippen molar-refractivity contribution in [3.05, 3.63) is 0 Å². The molecule has 2 saturated heterocycles. The molecule has 1 unspecified atom stereocenters. The van der Waals surface area contributed by atoms with E-state index in [2.05, 4.69) is 13.8 Å². The van der Waals surface area contributed by atoms with Gasteiger partial charge in [0.05, 0.1) is 19.3 Å². The molecule has 206 valence electrons. The number of fused-ring (bicyclic) bond motifs is 5. The smallest absolute Gasteiger partial charge is 0.271 e. The van der Waals surface area contributed by atoms with Crippen LogP contribution in [0.25, 0.3) is 0 Å². The molecule has 2 aliphatic heterocycles. The van der Waals surface area contributed by atoms with Gasteiger partial charge in [0, 0.05) is 18.5 Å². The van der Waals surface area contributed by atoms with Crippen molar-refractivity contribution in [2.45, 2.75) is 114 Å². The van der Waals surface area contributed by atoms with E-state index in [9.17, 15) is 18.7 Å². The Hall–Kier alpha value is -0.830. The van der Waals surface area contributed by atoms with Gasteiger partial charge in [0.2, 0.25) is 0 Å². The second-order valence-electron chi connectivity index (χ2n) is 12.9. The molecule has 36 heavy (non-hydrogen) atoms. The number of likely N-dealkylation sites (tertiary alicyclic amines) is 1. The lowest BCUT2D eigenvalue weighted by atomic mass is 9.45. The summed E-state index contributed by atoms with van der Waals surface area (Å²) in [6.45, 7) is 4.73. The number of nitrogens with zero attached hydrogens (tertiary/aromatic N) is 1. The molecule has 5 fully saturated rings. The normalized spacial score (nSPS) is 45.2. The molecule has 3 saturated carbocycles. The number of aliphatic hydroxyl groups is 2. The quantitative estimate of drug-likeness (QED) is 0.577. The van der Waals surface area contributed by atoms with Crippen LogP contribution < -0.4 is 0 Å². The summed E-state index contributed by atoms with van der Waals surface area (Å²) in [4.78, 5) is 15.6. The predicted molar refractivity (Wildman–Crippen MR) is 130 cm³/mol. The fourth-order valence-corrected chi connectivity index (χ4v) is 9.01. The number of piperidine rings is 1. The number of alkyl halides is 2. The number of carbonyl (C=O) groups excluding carboxylic acids is 1. The molecule has 8 heteroatoms. The SMILES string of the molecule is C[C@]12CC[C@H](OC[C@H](O)CO)CC1CC[C@@H]1[C@@H]2CC[C@@]2(C)[C@H]1CCCN2C(=O)[C@H]1CCC(F)(F)CO1. The topological polar surface area (TPSA) is 79.2 Å². The maximum Gasteiger partial charge on any atom is 0.271 e. The molecule has 0 aromatic carbocycles. The standard InChI is InChI=1S/C28H45F2NO5/c1-26-10-7-20(35-16-19(33)15-32)14-18(26)5-6-21-22(26)8-11-27(2)23(21)4-3-13-31(27)25(34)24-9-12-28(29,30)17-36-24/h18-24,32-33H,3-17H2,1-2H3/t18?,19-,20+,21-,22+,23+,24-,26+,27+/m1/s1. The van der Waals surface area contributed by atoms with Gasteiger partial charge in [-0.25, -0.2) is 8.78 Å². The summed E-state index contributed by atoms with van der Waals surface area (Å²) in [5.41, 5.74) is 0.0494. The zero-order valence-corrected chi connectivity index (χ0v) is 22.0. The highest BCUT2D eigenvalue weighted by Crippen LogP contribution is 2.63. The Morgan fingerprint density at radius 1 is 1.08 bits per heavy atom. The van der Waals surface area contributed by atoms with Crippen molar-refractivity contribution < 1.29 is 33.3 Å². The van der Waals surface area contributed by atoms with Gasteiger partial charge in [-0.15, -0.1) is 0 Å². The van der Waals surface area contributed by atoms with Crippen LogP contribution in [0.3, 0.4) is 0 Å². The summed E-state index contributed by atoms with van der Waals surface area (Å²) in [6.07, 6.45) is 8.10. The molecule has 0 bridgehead atoms. The van der Waals surface area contributed by atoms with Crippen LogP contribution in [0.1, 0.15) is 84.5 Å². The van der Waals surface area contributed by atoms with Gasteiger partial charge in [-0.1, -0.05) is 6.92 Å². The van der Waals surface area contributed by atoms with E-state index in [1.807, 2.05) is 4.90 Å². The minimum atomic E-state index is -2.82. The van der Waals surface area contributed by atoms with E-state index < -0.39 is 24.7 Å². The molecule has 0 aromatic rings. The van der Waals surface area contributed by atoms with E-state index >= 15 is 0 Å². The van der Waals surface area contributed by atoms with Gasteiger partial charge in [0.15, 0.2) is 0 Å². The number of hydrogen-bond donors (Lipinski definition) is 2. The van der Waals surface area contributed by atoms with Crippen molar-refractivity contribution in [2.24, 2.45) is 29.1 Å². The zero-order valence-electron chi connectivity index (χ0n) is 22.0. The number of halogens is 2. The van der Waals surface area contributed by atoms with E-state index in [1.165, 1.54) is 12.8 Å². The Morgan fingerprint density at radius 3 is 2.61 bits per heavy atom. The minimum Gasteiger partial charge on any atom is -0.394 e. The molecule has 0 radical (unpaired) electrons. The molecule has 2 heterocycles. The third-order valence-electron chi connectivity index (χ3n) is 11.0. The first-order chi connectivity index (χ1) is 17.1. The highest BCUT2D eigenvalue weighted by atomic mass is 19.3. The van der Waals surface area contributed by atoms with Crippen LogP contribution in [0.2, 0.25) is 0 Å². The van der Waals surface area contributed by atoms with Crippen LogP contribution in [0, 0.1) is 29.1 Å². The maximum absolute atomic E-state index is 13.6. The first kappa shape index (κ1) is 26.8. The van der Waals surface area contributed by atoms with Gasteiger partial charge in [0.25, 0.3) is 11.8 Å². The molecule has 5 aliphatic rings. The average molecular weight is 514 g/mol. The van der Waals surface area contributed by atoms with Crippen LogP contribution in [0.15, 0.2) is 0 Å². The van der Waals surface area contributed by atoms with E-state index in [0.29, 0.717) is 30.2 Å². The van der Waals surface area contributed by atoms with Crippen molar-refractivity contribution in [2.75, 3.05) is 26.4 Å². The average Bonchev–Trinajstić information content (AvgIpc) is 2.85. The fraction of sp³-hybridized carbons (Fsp3) is 0.964. The first-order valence-electron chi connectivity index (χ1n) is 14.3. The Morgan fingerprint density at radius 2 is 1.89 bits per heavy atom. The molecular formula is C28H45F2NO5. The fourth-order valence-electron chi connectivity index (χ4n) is 9.01. The van der Waals surface area contributed by atoms with Crippen molar-refractivity contribution in [3.63, 3.8) is 0 Å². The molecule has 0 spiro atoms. The largest absolute Gasteiger partial charge is 0.394 e. The second-order valence-corrected chi connectivity index (χ2v) is 12.9. The van der Waals surface area contributed by atoms with Crippen LogP contribution in [-0.2, 0) is 14.3 Å². The second kappa shape index (κ2) is 10.0. The molecule has 2 N–H and O–H groups in total. The third-order valence-corrected chi connectivity index (χ3v) is 11.0. The van der Waals surface area contributed by atoms with Crippen LogP contribution >= 0.6 is 0 Å². The molecule has 9 atom stereocenters. The Labute approximate surface area is 214 Å². The predicted octanol–water partition coefficient (Wildman–Crippen LogP) is 4.16. The third kappa shape index (κ3) is 4.73. The van der Waals surface area contributed by atoms with Crippen molar-refractivity contribution in [1.82, 2.24) is 4.90 Å². The van der Waals surface area contributed by atoms with Crippen LogP contribution in [0.5, 0.6) is 0 Å². The van der Waals surface area contributed by atoms with Crippen LogP contribution in [-0.4, -0.2) is 77.2 Å². The monoisotopic (exact) mass is 513 g/mol. The van der Waals surface area contributed by atoms with Gasteiger partial charge in [0.1, 0.15) is 18.8 Å². The number of aliphatic hydroxyl groups excluding tert-OH is 2. The zero-order chi connectivity index (χ0) is 25.7. The van der Waals surface area contributed by atoms with Gasteiger partial charge in [-0.3, -0.25) is 4.79 Å². The molecule has 0 aromatic heterocycles. The number of amides is 1. The lowest BCUT2D eigenvalue weighted by Gasteiger charge is -2.64. The summed E-state index contributed by atoms with van der Waals surface area (Å²) < 4.78 is 38.6. The molecule has 3 aliphatic carbocycles. The number of hydrogen-bond acceptors (Lipinski definition) is 5. The number of carbonyl (C=O) groups is 1. The van der Waals surface area contributed by atoms with Gasteiger partial charge in [-0.05, 0) is 100 Å². The lowest BCUT2D eigenvalue weighted by molar-refractivity contribution is -0.189. The summed E-state index contributed by atoms with van der Waals surface area (Å²) in [7, 11) is 0. The van der Waals surface area contributed by atoms with Gasteiger partial charge >= 0.3 is 0 Å². The number of ether oxygens (including phenoxy) is 2. The van der Waals surface area contributed by atoms with E-state index in [1.54, 1.807) is 0 Å². The van der Waals surface area contributed by atoms with E-state index in [-0.39, 0.29) is 49.0 Å². The van der Waals surface area contributed by atoms with Gasteiger partial charge in [-0.2, -0.15) is 0 Å². The molecular weight excluding hydrogens is 468 g/mol. The minimum absolute atomic E-state index is 0.0706.